The van der Waals surface area contributed by atoms with Crippen molar-refractivity contribution in [2.45, 2.75) is 39.7 Å². The highest BCUT2D eigenvalue weighted by molar-refractivity contribution is 9.10. The van der Waals surface area contributed by atoms with Gasteiger partial charge in [-0.1, -0.05) is 29.8 Å². The second kappa shape index (κ2) is 5.10. The number of halogens is 1. The van der Waals surface area contributed by atoms with Gasteiger partial charge < -0.3 is 4.74 Å². The quantitative estimate of drug-likeness (QED) is 0.830. The Hall–Kier alpha value is -0.540. The summed E-state index contributed by atoms with van der Waals surface area (Å²) in [5, 5.41) is 0. The van der Waals surface area contributed by atoms with Crippen LogP contribution in [0.2, 0.25) is 0 Å². The molecule has 1 aromatic carbocycles. The fraction of sp³-hybridized carbons (Fsp3) is 0.625. The predicted octanol–water partition coefficient (Wildman–Crippen LogP) is 4.01. The van der Waals surface area contributed by atoms with Crippen LogP contribution in [-0.2, 0) is 13.0 Å². The molecule has 2 aliphatic rings. The lowest BCUT2D eigenvalue weighted by Gasteiger charge is -2.50. The van der Waals surface area contributed by atoms with Crippen LogP contribution in [-0.4, -0.2) is 24.6 Å². The maximum absolute atomic E-state index is 5.81. The minimum absolute atomic E-state index is 0.579. The lowest BCUT2D eigenvalue weighted by molar-refractivity contribution is -0.0124. The molecule has 0 saturated carbocycles. The van der Waals surface area contributed by atoms with E-state index in [1.165, 1.54) is 41.5 Å². The van der Waals surface area contributed by atoms with Crippen LogP contribution in [0.3, 0.4) is 0 Å². The molecule has 0 aromatic heterocycles. The molecule has 0 unspecified atom stereocenters. The van der Waals surface area contributed by atoms with E-state index < -0.39 is 0 Å². The van der Waals surface area contributed by atoms with Gasteiger partial charge in [-0.05, 0) is 36.0 Å². The molecule has 2 aliphatic heterocycles. The van der Waals surface area contributed by atoms with Crippen LogP contribution < -0.4 is 4.74 Å². The van der Waals surface area contributed by atoms with E-state index in [9.17, 15) is 0 Å². The zero-order valence-electron chi connectivity index (χ0n) is 11.8. The molecule has 0 aliphatic carbocycles. The Bertz CT molecular complexity index is 474. The van der Waals surface area contributed by atoms with Crippen molar-refractivity contribution in [1.82, 2.24) is 4.90 Å². The van der Waals surface area contributed by atoms with Crippen molar-refractivity contribution in [2.75, 3.05) is 19.7 Å². The fourth-order valence-corrected chi connectivity index (χ4v) is 3.97. The summed E-state index contributed by atoms with van der Waals surface area (Å²) in [4.78, 5) is 2.55. The molecule has 1 fully saturated rings. The van der Waals surface area contributed by atoms with Gasteiger partial charge in [0.25, 0.3) is 0 Å². The monoisotopic (exact) mass is 323 g/mol. The summed E-state index contributed by atoms with van der Waals surface area (Å²) in [6.45, 7) is 8.99. The number of benzene rings is 1. The third-order valence-electron chi connectivity index (χ3n) is 4.84. The highest BCUT2D eigenvalue weighted by atomic mass is 79.9. The third kappa shape index (κ3) is 2.43. The molecular weight excluding hydrogens is 302 g/mol. The molecule has 0 amide bonds. The van der Waals surface area contributed by atoms with Crippen molar-refractivity contribution >= 4 is 15.9 Å². The van der Waals surface area contributed by atoms with Gasteiger partial charge in [0.15, 0.2) is 0 Å². The molecule has 1 aromatic rings. The Balaban J connectivity index is 1.72. The Morgan fingerprint density at radius 1 is 1.26 bits per heavy atom. The maximum atomic E-state index is 5.81. The second-order valence-corrected chi connectivity index (χ2v) is 6.92. The van der Waals surface area contributed by atoms with Crippen LogP contribution in [0.4, 0.5) is 0 Å². The van der Waals surface area contributed by atoms with Gasteiger partial charge in [-0.2, -0.15) is 0 Å². The van der Waals surface area contributed by atoms with Crippen molar-refractivity contribution in [3.05, 3.63) is 27.7 Å². The van der Waals surface area contributed by atoms with Crippen LogP contribution in [0.5, 0.6) is 5.75 Å². The van der Waals surface area contributed by atoms with E-state index >= 15 is 0 Å². The van der Waals surface area contributed by atoms with Crippen molar-refractivity contribution in [1.29, 1.82) is 0 Å². The zero-order chi connectivity index (χ0) is 13.5. The first-order chi connectivity index (χ1) is 9.15. The summed E-state index contributed by atoms with van der Waals surface area (Å²) in [5.74, 6) is 1.15. The molecular formula is C16H22BrNO. The number of fused-ring (bicyclic) bond motifs is 1. The van der Waals surface area contributed by atoms with E-state index in [0.717, 1.165) is 25.3 Å². The van der Waals surface area contributed by atoms with Crippen molar-refractivity contribution in [3.8, 4) is 5.75 Å². The van der Waals surface area contributed by atoms with Crippen molar-refractivity contribution < 1.29 is 4.74 Å². The molecule has 0 N–H and O–H groups in total. The standard InChI is InChI=1S/C16H22BrNO/c1-3-16(4-2)10-18(11-16)9-13-8-14(17)7-12-5-6-19-15(12)13/h7-8H,3-6,9-11H2,1-2H3. The van der Waals surface area contributed by atoms with Crippen LogP contribution in [0, 0.1) is 5.41 Å². The molecule has 0 atom stereocenters. The summed E-state index contributed by atoms with van der Waals surface area (Å²) in [5.41, 5.74) is 3.29. The number of hydrogen-bond donors (Lipinski definition) is 0. The largest absolute Gasteiger partial charge is 0.493 e. The normalized spacial score (nSPS) is 20.8. The van der Waals surface area contributed by atoms with Gasteiger partial charge in [-0.25, -0.2) is 0 Å². The molecule has 2 nitrogen and oxygen atoms in total. The molecule has 3 heteroatoms. The molecule has 0 bridgehead atoms. The minimum Gasteiger partial charge on any atom is -0.493 e. The summed E-state index contributed by atoms with van der Waals surface area (Å²) in [7, 11) is 0. The number of likely N-dealkylation sites (tertiary alicyclic amines) is 1. The summed E-state index contributed by atoms with van der Waals surface area (Å²) < 4.78 is 7.00. The minimum atomic E-state index is 0.579. The first-order valence-electron chi connectivity index (χ1n) is 7.32. The fourth-order valence-electron chi connectivity index (χ4n) is 3.42. The Kier molecular flexibility index (Phi) is 3.61. The third-order valence-corrected chi connectivity index (χ3v) is 5.30. The molecule has 0 spiro atoms. The Morgan fingerprint density at radius 2 is 2.00 bits per heavy atom. The Morgan fingerprint density at radius 3 is 2.68 bits per heavy atom. The Labute approximate surface area is 124 Å². The summed E-state index contributed by atoms with van der Waals surface area (Å²) in [6.07, 6.45) is 3.65. The SMILES string of the molecule is CCC1(CC)CN(Cc2cc(Br)cc3c2OCC3)C1. The van der Waals surface area contributed by atoms with Crippen LogP contribution in [0.15, 0.2) is 16.6 Å². The number of hydrogen-bond acceptors (Lipinski definition) is 2. The van der Waals surface area contributed by atoms with E-state index in [-0.39, 0.29) is 0 Å². The topological polar surface area (TPSA) is 12.5 Å². The number of rotatable bonds is 4. The first kappa shape index (κ1) is 13.4. The molecule has 104 valence electrons. The average molecular weight is 324 g/mol. The molecule has 3 rings (SSSR count). The lowest BCUT2D eigenvalue weighted by Crippen LogP contribution is -2.54. The first-order valence-corrected chi connectivity index (χ1v) is 8.11. The van der Waals surface area contributed by atoms with Gasteiger partial charge in [-0.3, -0.25) is 4.90 Å². The molecule has 2 heterocycles. The van der Waals surface area contributed by atoms with E-state index in [0.29, 0.717) is 5.41 Å². The van der Waals surface area contributed by atoms with Gasteiger partial charge in [-0.15, -0.1) is 0 Å². The molecule has 1 saturated heterocycles. The van der Waals surface area contributed by atoms with Gasteiger partial charge in [0.2, 0.25) is 0 Å². The van der Waals surface area contributed by atoms with Gasteiger partial charge in [0.1, 0.15) is 5.75 Å². The zero-order valence-corrected chi connectivity index (χ0v) is 13.4. The van der Waals surface area contributed by atoms with E-state index in [4.69, 9.17) is 4.74 Å². The summed E-state index contributed by atoms with van der Waals surface area (Å²) in [6, 6.07) is 4.42. The lowest BCUT2D eigenvalue weighted by atomic mass is 9.75. The second-order valence-electron chi connectivity index (χ2n) is 6.00. The van der Waals surface area contributed by atoms with Crippen LogP contribution in [0.1, 0.15) is 37.8 Å². The van der Waals surface area contributed by atoms with E-state index in [1.807, 2.05) is 0 Å². The van der Waals surface area contributed by atoms with Crippen molar-refractivity contribution in [2.24, 2.45) is 5.41 Å². The maximum Gasteiger partial charge on any atom is 0.127 e. The van der Waals surface area contributed by atoms with E-state index in [2.05, 4.69) is 46.8 Å². The van der Waals surface area contributed by atoms with Gasteiger partial charge in [0, 0.05) is 36.1 Å². The van der Waals surface area contributed by atoms with Gasteiger partial charge in [0.05, 0.1) is 6.61 Å². The molecule has 0 radical (unpaired) electrons. The highest BCUT2D eigenvalue weighted by Crippen LogP contribution is 2.40. The average Bonchev–Trinajstić information content (AvgIpc) is 2.81. The predicted molar refractivity (Wildman–Crippen MR) is 81.6 cm³/mol. The van der Waals surface area contributed by atoms with E-state index in [1.54, 1.807) is 0 Å². The number of nitrogens with zero attached hydrogens (tertiary/aromatic N) is 1. The molecule has 19 heavy (non-hydrogen) atoms. The van der Waals surface area contributed by atoms with Crippen LogP contribution >= 0.6 is 15.9 Å². The van der Waals surface area contributed by atoms with Crippen LogP contribution in [0.25, 0.3) is 0 Å². The smallest absolute Gasteiger partial charge is 0.127 e. The van der Waals surface area contributed by atoms with Gasteiger partial charge >= 0.3 is 0 Å². The summed E-state index contributed by atoms with van der Waals surface area (Å²) >= 11 is 3.62. The van der Waals surface area contributed by atoms with Crippen molar-refractivity contribution in [3.63, 3.8) is 0 Å². The number of ether oxygens (including phenoxy) is 1. The highest BCUT2D eigenvalue weighted by Gasteiger charge is 2.39.